The molecule has 2 rings (SSSR count). The number of likely N-dealkylation sites (tertiary alicyclic amines) is 1. The smallest absolute Gasteiger partial charge is 0.191 e. The van der Waals surface area contributed by atoms with Crippen molar-refractivity contribution in [2.45, 2.75) is 78.4 Å². The van der Waals surface area contributed by atoms with Gasteiger partial charge in [-0.2, -0.15) is 0 Å². The van der Waals surface area contributed by atoms with E-state index in [4.69, 9.17) is 4.74 Å². The van der Waals surface area contributed by atoms with E-state index in [9.17, 15) is 0 Å². The second-order valence-electron chi connectivity index (χ2n) is 9.73. The number of hydrogen-bond acceptors (Lipinski definition) is 3. The lowest BCUT2D eigenvalue weighted by Gasteiger charge is -2.42. The molecule has 2 unspecified atom stereocenters. The van der Waals surface area contributed by atoms with Gasteiger partial charge in [0.05, 0.1) is 6.10 Å². The molecule has 0 aliphatic carbocycles. The minimum Gasteiger partial charge on any atom is -0.377 e. The first-order chi connectivity index (χ1) is 12.2. The number of nitrogens with one attached hydrogen (secondary N) is 2. The summed E-state index contributed by atoms with van der Waals surface area (Å²) in [6.07, 6.45) is 6.73. The predicted octanol–water partition coefficient (Wildman–Crippen LogP) is 3.26. The summed E-state index contributed by atoms with van der Waals surface area (Å²) in [5.41, 5.74) is 0.333. The topological polar surface area (TPSA) is 48.9 Å². The van der Waals surface area contributed by atoms with Gasteiger partial charge in [0.15, 0.2) is 5.96 Å². The highest BCUT2D eigenvalue weighted by atomic mass is 16.5. The third-order valence-corrected chi connectivity index (χ3v) is 5.95. The molecule has 2 N–H and O–H groups in total. The van der Waals surface area contributed by atoms with Crippen molar-refractivity contribution in [1.29, 1.82) is 0 Å². The highest BCUT2D eigenvalue weighted by Gasteiger charge is 2.35. The van der Waals surface area contributed by atoms with Gasteiger partial charge in [0.25, 0.3) is 0 Å². The number of aliphatic imine (C=N–C) groups is 1. The number of rotatable bonds is 5. The van der Waals surface area contributed by atoms with E-state index in [1.54, 1.807) is 0 Å². The van der Waals surface area contributed by atoms with E-state index >= 15 is 0 Å². The summed E-state index contributed by atoms with van der Waals surface area (Å²) in [4.78, 5) is 7.06. The van der Waals surface area contributed by atoms with E-state index in [2.05, 4.69) is 55.1 Å². The molecule has 26 heavy (non-hydrogen) atoms. The summed E-state index contributed by atoms with van der Waals surface area (Å²) in [5, 5.41) is 7.11. The van der Waals surface area contributed by atoms with Crippen LogP contribution in [0, 0.1) is 11.3 Å². The summed E-state index contributed by atoms with van der Waals surface area (Å²) in [6.45, 7) is 16.7. The van der Waals surface area contributed by atoms with Crippen molar-refractivity contribution in [2.75, 3.05) is 39.8 Å². The average molecular weight is 367 g/mol. The number of guanidine groups is 1. The Balaban J connectivity index is 1.83. The lowest BCUT2D eigenvalue weighted by Crippen LogP contribution is -2.55. The van der Waals surface area contributed by atoms with Crippen molar-refractivity contribution in [3.63, 3.8) is 0 Å². The third-order valence-electron chi connectivity index (χ3n) is 5.95. The molecular formula is C21H42N4O. The third kappa shape index (κ3) is 6.12. The Morgan fingerprint density at radius 1 is 1.04 bits per heavy atom. The fourth-order valence-electron chi connectivity index (χ4n) is 4.37. The average Bonchev–Trinajstić information content (AvgIpc) is 2.62. The van der Waals surface area contributed by atoms with Crippen LogP contribution in [-0.2, 0) is 4.74 Å². The Morgan fingerprint density at radius 2 is 1.73 bits per heavy atom. The molecule has 5 nitrogen and oxygen atoms in total. The van der Waals surface area contributed by atoms with Crippen LogP contribution in [0.15, 0.2) is 4.99 Å². The quantitative estimate of drug-likeness (QED) is 0.579. The zero-order valence-corrected chi connectivity index (χ0v) is 18.0. The summed E-state index contributed by atoms with van der Waals surface area (Å²) in [7, 11) is 1.86. The molecule has 0 aromatic heterocycles. The molecule has 2 heterocycles. The fourth-order valence-corrected chi connectivity index (χ4v) is 4.37. The van der Waals surface area contributed by atoms with Gasteiger partial charge in [-0.1, -0.05) is 27.2 Å². The predicted molar refractivity (Wildman–Crippen MR) is 111 cm³/mol. The summed E-state index contributed by atoms with van der Waals surface area (Å²) in [5.74, 6) is 1.45. The number of piperidine rings is 1. The van der Waals surface area contributed by atoms with Crippen molar-refractivity contribution in [2.24, 2.45) is 16.3 Å². The van der Waals surface area contributed by atoms with E-state index in [1.807, 2.05) is 7.05 Å². The van der Waals surface area contributed by atoms with Crippen LogP contribution in [0.1, 0.15) is 66.7 Å². The normalized spacial score (nSPS) is 26.6. The maximum Gasteiger partial charge on any atom is 0.191 e. The Bertz CT molecular complexity index is 449. The van der Waals surface area contributed by atoms with Gasteiger partial charge in [-0.15, -0.1) is 0 Å². The Morgan fingerprint density at radius 3 is 2.35 bits per heavy atom. The Kier molecular flexibility index (Phi) is 7.77. The Hall–Kier alpha value is -0.810. The highest BCUT2D eigenvalue weighted by molar-refractivity contribution is 5.79. The molecule has 0 radical (unpaired) electrons. The van der Waals surface area contributed by atoms with Gasteiger partial charge in [0.1, 0.15) is 0 Å². The van der Waals surface area contributed by atoms with Gasteiger partial charge in [0, 0.05) is 38.2 Å². The molecule has 2 atom stereocenters. The molecule has 2 aliphatic rings. The minimum atomic E-state index is 0.153. The van der Waals surface area contributed by atoms with Crippen molar-refractivity contribution < 1.29 is 4.74 Å². The van der Waals surface area contributed by atoms with Crippen LogP contribution in [-0.4, -0.2) is 62.3 Å². The van der Waals surface area contributed by atoms with Gasteiger partial charge >= 0.3 is 0 Å². The van der Waals surface area contributed by atoms with Crippen LogP contribution < -0.4 is 10.6 Å². The second kappa shape index (κ2) is 9.41. The standard InChI is InChI=1S/C21H42N4O/c1-20(2,3)18-17(11-10-14-26-18)15-23-19(22-6)24-16-21(4,5)25-12-8-7-9-13-25/h17-18H,7-16H2,1-6H3,(H2,22,23,24). The first-order valence-electron chi connectivity index (χ1n) is 10.6. The fraction of sp³-hybridized carbons (Fsp3) is 0.952. The lowest BCUT2D eigenvalue weighted by molar-refractivity contribution is -0.0835. The van der Waals surface area contributed by atoms with Gasteiger partial charge in [-0.05, 0) is 58.0 Å². The monoisotopic (exact) mass is 366 g/mol. The molecule has 2 saturated heterocycles. The van der Waals surface area contributed by atoms with Crippen LogP contribution in [0.4, 0.5) is 0 Å². The maximum absolute atomic E-state index is 6.11. The largest absolute Gasteiger partial charge is 0.377 e. The zero-order valence-electron chi connectivity index (χ0n) is 18.0. The number of ether oxygens (including phenoxy) is 1. The molecule has 5 heteroatoms. The molecule has 0 spiro atoms. The molecule has 0 saturated carbocycles. The summed E-state index contributed by atoms with van der Waals surface area (Å²) < 4.78 is 6.11. The van der Waals surface area contributed by atoms with E-state index in [-0.39, 0.29) is 11.0 Å². The van der Waals surface area contributed by atoms with Gasteiger partial charge in [0.2, 0.25) is 0 Å². The van der Waals surface area contributed by atoms with Gasteiger partial charge in [-0.3, -0.25) is 9.89 Å². The maximum atomic E-state index is 6.11. The molecule has 2 fully saturated rings. The van der Waals surface area contributed by atoms with E-state index in [0.29, 0.717) is 12.0 Å². The highest BCUT2D eigenvalue weighted by Crippen LogP contribution is 2.33. The second-order valence-corrected chi connectivity index (χ2v) is 9.73. The molecular weight excluding hydrogens is 324 g/mol. The van der Waals surface area contributed by atoms with Crippen molar-refractivity contribution in [1.82, 2.24) is 15.5 Å². The first-order valence-corrected chi connectivity index (χ1v) is 10.6. The molecule has 0 bridgehead atoms. The van der Waals surface area contributed by atoms with E-state index < -0.39 is 0 Å². The van der Waals surface area contributed by atoms with E-state index in [1.165, 1.54) is 38.8 Å². The number of nitrogens with zero attached hydrogens (tertiary/aromatic N) is 2. The van der Waals surface area contributed by atoms with Crippen LogP contribution in [0.2, 0.25) is 0 Å². The van der Waals surface area contributed by atoms with Gasteiger partial charge < -0.3 is 15.4 Å². The summed E-state index contributed by atoms with van der Waals surface area (Å²) >= 11 is 0. The Labute approximate surface area is 161 Å². The van der Waals surface area contributed by atoms with Crippen LogP contribution in [0.25, 0.3) is 0 Å². The van der Waals surface area contributed by atoms with Gasteiger partial charge in [-0.25, -0.2) is 0 Å². The minimum absolute atomic E-state index is 0.153. The lowest BCUT2D eigenvalue weighted by atomic mass is 9.78. The van der Waals surface area contributed by atoms with Crippen molar-refractivity contribution in [3.05, 3.63) is 0 Å². The molecule has 0 aromatic carbocycles. The van der Waals surface area contributed by atoms with Crippen molar-refractivity contribution in [3.8, 4) is 0 Å². The van der Waals surface area contributed by atoms with E-state index in [0.717, 1.165) is 32.1 Å². The molecule has 0 aromatic rings. The van der Waals surface area contributed by atoms with Crippen molar-refractivity contribution >= 4 is 5.96 Å². The molecule has 2 aliphatic heterocycles. The molecule has 152 valence electrons. The zero-order chi connectivity index (χ0) is 19.2. The van der Waals surface area contributed by atoms with Crippen LogP contribution >= 0.6 is 0 Å². The number of hydrogen-bond donors (Lipinski definition) is 2. The molecule has 0 amide bonds. The first kappa shape index (κ1) is 21.5. The summed E-state index contributed by atoms with van der Waals surface area (Å²) in [6, 6.07) is 0. The van der Waals surface area contributed by atoms with Crippen LogP contribution in [0.5, 0.6) is 0 Å². The van der Waals surface area contributed by atoms with Crippen LogP contribution in [0.3, 0.4) is 0 Å². The SMILES string of the molecule is CN=C(NCC1CCCOC1C(C)(C)C)NCC(C)(C)N1CCCCC1.